The molecule has 0 unspecified atom stereocenters. The lowest BCUT2D eigenvalue weighted by Gasteiger charge is -2.30. The fourth-order valence-electron chi connectivity index (χ4n) is 2.05. The fraction of sp³-hybridized carbons (Fsp3) is 0.385. The van der Waals surface area contributed by atoms with Crippen LogP contribution in [0.4, 0.5) is 10.5 Å². The number of hydrogen-bond donors (Lipinski definition) is 3. The number of urea groups is 1. The molecule has 0 atom stereocenters. The molecular weight excluding hydrogens is 326 g/mol. The first-order chi connectivity index (χ1) is 9.47. The number of carbonyl (C=O) groups is 2. The Morgan fingerprint density at radius 3 is 2.60 bits per heavy atom. The van der Waals surface area contributed by atoms with Gasteiger partial charge in [0, 0.05) is 23.6 Å². The van der Waals surface area contributed by atoms with Gasteiger partial charge in [0.1, 0.15) is 0 Å². The van der Waals surface area contributed by atoms with E-state index in [1.54, 1.807) is 11.0 Å². The summed E-state index contributed by atoms with van der Waals surface area (Å²) in [4.78, 5) is 24.7. The molecule has 0 bridgehead atoms. The molecule has 1 aliphatic heterocycles. The predicted molar refractivity (Wildman–Crippen MR) is 78.9 cm³/mol. The summed E-state index contributed by atoms with van der Waals surface area (Å²) in [6.45, 7) is 1.23. The molecule has 7 heteroatoms. The Kier molecular flexibility index (Phi) is 4.61. The number of benzene rings is 1. The van der Waals surface area contributed by atoms with Gasteiger partial charge in [-0.15, -0.1) is 0 Å². The summed E-state index contributed by atoms with van der Waals surface area (Å²) in [5.41, 5.74) is 6.37. The number of hydrogen-bond acceptors (Lipinski definition) is 3. The van der Waals surface area contributed by atoms with Crippen LogP contribution >= 0.6 is 15.9 Å². The summed E-state index contributed by atoms with van der Waals surface area (Å²) >= 11 is 3.30. The summed E-state index contributed by atoms with van der Waals surface area (Å²) < 4.78 is 0.643. The molecule has 2 rings (SSSR count). The number of anilines is 1. The maximum Gasteiger partial charge on any atom is 0.335 e. The Morgan fingerprint density at radius 2 is 2.00 bits per heavy atom. The Hall–Kier alpha value is -1.60. The number of rotatable bonds is 2. The van der Waals surface area contributed by atoms with Crippen LogP contribution < -0.4 is 11.1 Å². The monoisotopic (exact) mass is 341 g/mol. The number of halogens is 1. The highest BCUT2D eigenvalue weighted by Crippen LogP contribution is 2.24. The third-order valence-electron chi connectivity index (χ3n) is 3.28. The number of carboxylic acid groups (broad SMARTS) is 1. The zero-order valence-electron chi connectivity index (χ0n) is 10.8. The van der Waals surface area contributed by atoms with Crippen LogP contribution in [0.15, 0.2) is 22.7 Å². The van der Waals surface area contributed by atoms with Crippen molar-refractivity contribution in [3.05, 3.63) is 28.2 Å². The van der Waals surface area contributed by atoms with Crippen LogP contribution in [-0.2, 0) is 0 Å². The van der Waals surface area contributed by atoms with E-state index < -0.39 is 5.97 Å². The second-order valence-corrected chi connectivity index (χ2v) is 5.61. The first-order valence-electron chi connectivity index (χ1n) is 6.31. The Bertz CT molecular complexity index is 528. The number of carbonyl (C=O) groups excluding carboxylic acids is 1. The second-order valence-electron chi connectivity index (χ2n) is 4.75. The predicted octanol–water partition coefficient (Wildman–Crippen LogP) is 2.10. The van der Waals surface area contributed by atoms with Gasteiger partial charge in [0.2, 0.25) is 0 Å². The van der Waals surface area contributed by atoms with Crippen molar-refractivity contribution in [1.82, 2.24) is 4.90 Å². The molecular formula is C13H16BrN3O3. The first kappa shape index (κ1) is 14.8. The van der Waals surface area contributed by atoms with Crippen molar-refractivity contribution in [2.75, 3.05) is 18.4 Å². The van der Waals surface area contributed by atoms with Crippen molar-refractivity contribution < 1.29 is 14.7 Å². The summed E-state index contributed by atoms with van der Waals surface area (Å²) in [5, 5.41) is 11.7. The van der Waals surface area contributed by atoms with Gasteiger partial charge in [-0.25, -0.2) is 9.59 Å². The van der Waals surface area contributed by atoms with Crippen LogP contribution in [0.5, 0.6) is 0 Å². The van der Waals surface area contributed by atoms with Crippen LogP contribution in [0, 0.1) is 0 Å². The number of carboxylic acids is 1. The van der Waals surface area contributed by atoms with Crippen LogP contribution in [0.1, 0.15) is 23.2 Å². The van der Waals surface area contributed by atoms with E-state index in [9.17, 15) is 9.59 Å². The van der Waals surface area contributed by atoms with Gasteiger partial charge in [-0.05, 0) is 47.0 Å². The molecule has 0 radical (unpaired) electrons. The average molecular weight is 342 g/mol. The van der Waals surface area contributed by atoms with Crippen molar-refractivity contribution in [2.45, 2.75) is 18.9 Å². The smallest absolute Gasteiger partial charge is 0.335 e. The number of amides is 2. The van der Waals surface area contributed by atoms with Gasteiger partial charge in [0.05, 0.1) is 11.3 Å². The zero-order chi connectivity index (χ0) is 14.7. The Morgan fingerprint density at radius 1 is 1.35 bits per heavy atom. The van der Waals surface area contributed by atoms with Crippen molar-refractivity contribution in [1.29, 1.82) is 0 Å². The molecule has 0 aliphatic carbocycles. The van der Waals surface area contributed by atoms with Crippen molar-refractivity contribution in [2.24, 2.45) is 5.73 Å². The molecule has 20 heavy (non-hydrogen) atoms. The molecule has 1 aliphatic rings. The average Bonchev–Trinajstić information content (AvgIpc) is 2.41. The maximum absolute atomic E-state index is 12.1. The minimum Gasteiger partial charge on any atom is -0.478 e. The molecule has 2 amide bonds. The number of likely N-dealkylation sites (tertiary alicyclic amines) is 1. The molecule has 4 N–H and O–H groups in total. The summed E-state index contributed by atoms with van der Waals surface area (Å²) in [5.74, 6) is -1.03. The SMILES string of the molecule is NC1CCN(C(=O)Nc2cc(C(=O)O)ccc2Br)CC1. The van der Waals surface area contributed by atoms with Crippen LogP contribution in [0.2, 0.25) is 0 Å². The van der Waals surface area contributed by atoms with Crippen LogP contribution in [-0.4, -0.2) is 41.1 Å². The third kappa shape index (κ3) is 3.49. The molecule has 1 aromatic carbocycles. The van der Waals surface area contributed by atoms with E-state index in [4.69, 9.17) is 10.8 Å². The Balaban J connectivity index is 2.07. The fourth-order valence-corrected chi connectivity index (χ4v) is 2.40. The van der Waals surface area contributed by atoms with Gasteiger partial charge < -0.3 is 21.1 Å². The summed E-state index contributed by atoms with van der Waals surface area (Å²) in [6.07, 6.45) is 1.56. The van der Waals surface area contributed by atoms with E-state index in [-0.39, 0.29) is 17.6 Å². The molecule has 1 fully saturated rings. The van der Waals surface area contributed by atoms with E-state index in [0.29, 0.717) is 23.2 Å². The molecule has 0 aromatic heterocycles. The molecule has 1 heterocycles. The van der Waals surface area contributed by atoms with Crippen molar-refractivity contribution >= 4 is 33.6 Å². The molecule has 6 nitrogen and oxygen atoms in total. The van der Waals surface area contributed by atoms with Gasteiger partial charge in [-0.1, -0.05) is 0 Å². The zero-order valence-corrected chi connectivity index (χ0v) is 12.4. The van der Waals surface area contributed by atoms with Gasteiger partial charge in [-0.3, -0.25) is 0 Å². The van der Waals surface area contributed by atoms with Crippen molar-refractivity contribution in [3.8, 4) is 0 Å². The number of nitrogens with zero attached hydrogens (tertiary/aromatic N) is 1. The minimum absolute atomic E-state index is 0.129. The van der Waals surface area contributed by atoms with E-state index >= 15 is 0 Å². The number of piperidine rings is 1. The second kappa shape index (κ2) is 6.23. The highest BCUT2D eigenvalue weighted by molar-refractivity contribution is 9.10. The van der Waals surface area contributed by atoms with Crippen LogP contribution in [0.25, 0.3) is 0 Å². The van der Waals surface area contributed by atoms with Gasteiger partial charge in [0.25, 0.3) is 0 Å². The Labute approximate surface area is 125 Å². The minimum atomic E-state index is -1.03. The van der Waals surface area contributed by atoms with E-state index in [1.807, 2.05) is 0 Å². The third-order valence-corrected chi connectivity index (χ3v) is 3.97. The lowest BCUT2D eigenvalue weighted by atomic mass is 10.1. The van der Waals surface area contributed by atoms with E-state index in [1.165, 1.54) is 12.1 Å². The topological polar surface area (TPSA) is 95.7 Å². The number of nitrogens with two attached hydrogens (primary N) is 1. The molecule has 1 saturated heterocycles. The molecule has 1 aromatic rings. The first-order valence-corrected chi connectivity index (χ1v) is 7.11. The lowest BCUT2D eigenvalue weighted by molar-refractivity contribution is 0.0697. The molecule has 0 spiro atoms. The molecule has 0 saturated carbocycles. The van der Waals surface area contributed by atoms with Crippen molar-refractivity contribution in [3.63, 3.8) is 0 Å². The molecule has 108 valence electrons. The highest BCUT2D eigenvalue weighted by atomic mass is 79.9. The largest absolute Gasteiger partial charge is 0.478 e. The number of nitrogens with one attached hydrogen (secondary N) is 1. The quantitative estimate of drug-likeness (QED) is 0.767. The van der Waals surface area contributed by atoms with Gasteiger partial charge in [-0.2, -0.15) is 0 Å². The van der Waals surface area contributed by atoms with Crippen LogP contribution in [0.3, 0.4) is 0 Å². The van der Waals surface area contributed by atoms with Gasteiger partial charge >= 0.3 is 12.0 Å². The normalized spacial score (nSPS) is 16.0. The van der Waals surface area contributed by atoms with Gasteiger partial charge in [0.15, 0.2) is 0 Å². The summed E-state index contributed by atoms with van der Waals surface area (Å²) in [6, 6.07) is 4.42. The van der Waals surface area contributed by atoms with E-state index in [2.05, 4.69) is 21.2 Å². The maximum atomic E-state index is 12.1. The summed E-state index contributed by atoms with van der Waals surface area (Å²) in [7, 11) is 0. The highest BCUT2D eigenvalue weighted by Gasteiger charge is 2.21. The number of aromatic carboxylic acids is 1. The standard InChI is InChI=1S/C13H16BrN3O3/c14-10-2-1-8(12(18)19)7-11(10)16-13(20)17-5-3-9(15)4-6-17/h1-2,7,9H,3-6,15H2,(H,16,20)(H,18,19). The van der Waals surface area contributed by atoms with E-state index in [0.717, 1.165) is 12.8 Å². The lowest BCUT2D eigenvalue weighted by Crippen LogP contribution is -2.44.